The van der Waals surface area contributed by atoms with E-state index in [1.807, 2.05) is 0 Å². The van der Waals surface area contributed by atoms with Gasteiger partial charge in [-0.05, 0) is 12.8 Å². The van der Waals surface area contributed by atoms with E-state index in [-0.39, 0.29) is 23.4 Å². The fourth-order valence-electron chi connectivity index (χ4n) is 2.92. The van der Waals surface area contributed by atoms with Crippen molar-refractivity contribution in [1.82, 2.24) is 30.8 Å². The van der Waals surface area contributed by atoms with E-state index in [9.17, 15) is 14.4 Å². The van der Waals surface area contributed by atoms with E-state index >= 15 is 0 Å². The first-order valence-electron chi connectivity index (χ1n) is 8.02. The van der Waals surface area contributed by atoms with E-state index in [0.29, 0.717) is 32.6 Å². The Labute approximate surface area is 139 Å². The highest BCUT2D eigenvalue weighted by atomic mass is 16.2. The summed E-state index contributed by atoms with van der Waals surface area (Å²) in [5.74, 6) is -0.843. The summed E-state index contributed by atoms with van der Waals surface area (Å²) < 4.78 is 0. The molecule has 0 saturated carbocycles. The summed E-state index contributed by atoms with van der Waals surface area (Å²) in [6.45, 7) is 1.96. The smallest absolute Gasteiger partial charge is 0.274 e. The predicted molar refractivity (Wildman–Crippen MR) is 83.9 cm³/mol. The second kappa shape index (κ2) is 7.35. The average Bonchev–Trinajstić information content (AvgIpc) is 2.63. The van der Waals surface area contributed by atoms with Crippen LogP contribution in [-0.4, -0.2) is 70.9 Å². The van der Waals surface area contributed by atoms with E-state index in [2.05, 4.69) is 25.9 Å². The molecule has 0 aromatic carbocycles. The lowest BCUT2D eigenvalue weighted by Crippen LogP contribution is -2.62. The SMILES string of the molecule is O=C1NCCC[C@@H]1NC(=O)[C@@H]1CNCCN1C(=O)c1cnccn1. The molecule has 2 aliphatic heterocycles. The Morgan fingerprint density at radius 2 is 2.17 bits per heavy atom. The lowest BCUT2D eigenvalue weighted by Gasteiger charge is -2.36. The lowest BCUT2D eigenvalue weighted by atomic mass is 10.1. The highest BCUT2D eigenvalue weighted by Gasteiger charge is 2.35. The Bertz CT molecular complexity index is 623. The Balaban J connectivity index is 1.70. The molecule has 128 valence electrons. The van der Waals surface area contributed by atoms with Gasteiger partial charge in [0.1, 0.15) is 17.8 Å². The number of piperidine rings is 1. The van der Waals surface area contributed by atoms with E-state index in [0.717, 1.165) is 6.42 Å². The van der Waals surface area contributed by atoms with Crippen molar-refractivity contribution in [1.29, 1.82) is 0 Å². The summed E-state index contributed by atoms with van der Waals surface area (Å²) in [5, 5.41) is 8.60. The first kappa shape index (κ1) is 16.3. The molecule has 9 nitrogen and oxygen atoms in total. The van der Waals surface area contributed by atoms with Gasteiger partial charge in [0, 0.05) is 38.6 Å². The lowest BCUT2D eigenvalue weighted by molar-refractivity contribution is -0.132. The molecule has 3 N–H and O–H groups in total. The molecule has 2 atom stereocenters. The molecule has 3 amide bonds. The standard InChI is InChI=1S/C15H20N6O3/c22-13-10(2-1-3-19-13)20-14(23)12-9-17-6-7-21(12)15(24)11-8-16-4-5-18-11/h4-5,8,10,12,17H,1-3,6-7,9H2,(H,19,22)(H,20,23)/t10-,12-/m0/s1. The second-order valence-corrected chi connectivity index (χ2v) is 5.80. The quantitative estimate of drug-likeness (QED) is 0.607. The molecule has 0 radical (unpaired) electrons. The van der Waals surface area contributed by atoms with E-state index < -0.39 is 12.1 Å². The number of piperazine rings is 1. The van der Waals surface area contributed by atoms with Crippen LogP contribution in [-0.2, 0) is 9.59 Å². The molecule has 3 rings (SSSR count). The average molecular weight is 332 g/mol. The third kappa shape index (κ3) is 3.51. The molecule has 24 heavy (non-hydrogen) atoms. The zero-order valence-corrected chi connectivity index (χ0v) is 13.2. The summed E-state index contributed by atoms with van der Waals surface area (Å²) in [6.07, 6.45) is 5.74. The van der Waals surface area contributed by atoms with Crippen molar-refractivity contribution in [2.24, 2.45) is 0 Å². The summed E-state index contributed by atoms with van der Waals surface area (Å²) in [4.78, 5) is 46.4. The minimum atomic E-state index is -0.678. The number of nitrogens with one attached hydrogen (secondary N) is 3. The fourth-order valence-corrected chi connectivity index (χ4v) is 2.92. The minimum Gasteiger partial charge on any atom is -0.354 e. The summed E-state index contributed by atoms with van der Waals surface area (Å²) >= 11 is 0. The summed E-state index contributed by atoms with van der Waals surface area (Å²) in [7, 11) is 0. The Hall–Kier alpha value is -2.55. The zero-order valence-electron chi connectivity index (χ0n) is 13.2. The van der Waals surface area contributed by atoms with Crippen LogP contribution in [0.5, 0.6) is 0 Å². The van der Waals surface area contributed by atoms with Gasteiger partial charge < -0.3 is 20.9 Å². The van der Waals surface area contributed by atoms with Crippen LogP contribution >= 0.6 is 0 Å². The third-order valence-electron chi connectivity index (χ3n) is 4.19. The number of carbonyl (C=O) groups excluding carboxylic acids is 3. The number of nitrogens with zero attached hydrogens (tertiary/aromatic N) is 3. The Morgan fingerprint density at radius 1 is 1.29 bits per heavy atom. The third-order valence-corrected chi connectivity index (χ3v) is 4.19. The monoisotopic (exact) mass is 332 g/mol. The van der Waals surface area contributed by atoms with Crippen molar-refractivity contribution in [2.45, 2.75) is 24.9 Å². The van der Waals surface area contributed by atoms with Gasteiger partial charge in [-0.1, -0.05) is 0 Å². The van der Waals surface area contributed by atoms with Crippen LogP contribution in [0.25, 0.3) is 0 Å². The van der Waals surface area contributed by atoms with E-state index in [4.69, 9.17) is 0 Å². The van der Waals surface area contributed by atoms with Crippen LogP contribution in [0.2, 0.25) is 0 Å². The van der Waals surface area contributed by atoms with Crippen LogP contribution in [0.1, 0.15) is 23.3 Å². The maximum atomic E-state index is 12.6. The maximum absolute atomic E-state index is 12.6. The normalized spacial score (nSPS) is 24.2. The van der Waals surface area contributed by atoms with Gasteiger partial charge in [0.2, 0.25) is 11.8 Å². The van der Waals surface area contributed by atoms with Gasteiger partial charge in [-0.3, -0.25) is 19.4 Å². The van der Waals surface area contributed by atoms with Crippen LogP contribution in [0, 0.1) is 0 Å². The van der Waals surface area contributed by atoms with Crippen molar-refractivity contribution in [3.63, 3.8) is 0 Å². The topological polar surface area (TPSA) is 116 Å². The van der Waals surface area contributed by atoms with Gasteiger partial charge in [0.15, 0.2) is 0 Å². The van der Waals surface area contributed by atoms with Crippen LogP contribution < -0.4 is 16.0 Å². The van der Waals surface area contributed by atoms with Crippen molar-refractivity contribution in [3.05, 3.63) is 24.3 Å². The molecule has 0 unspecified atom stereocenters. The Morgan fingerprint density at radius 3 is 2.92 bits per heavy atom. The molecule has 0 bridgehead atoms. The number of aromatic nitrogens is 2. The van der Waals surface area contributed by atoms with Gasteiger partial charge in [-0.2, -0.15) is 0 Å². The van der Waals surface area contributed by atoms with Gasteiger partial charge >= 0.3 is 0 Å². The van der Waals surface area contributed by atoms with Crippen molar-refractivity contribution >= 4 is 17.7 Å². The first-order valence-corrected chi connectivity index (χ1v) is 8.02. The minimum absolute atomic E-state index is 0.176. The predicted octanol–water partition coefficient (Wildman–Crippen LogP) is -1.71. The zero-order chi connectivity index (χ0) is 16.9. The molecule has 2 fully saturated rings. The molecule has 9 heteroatoms. The van der Waals surface area contributed by atoms with Crippen LogP contribution in [0.4, 0.5) is 0 Å². The maximum Gasteiger partial charge on any atom is 0.274 e. The fraction of sp³-hybridized carbons (Fsp3) is 0.533. The molecule has 0 aliphatic carbocycles. The molecule has 3 heterocycles. The molecule has 2 aliphatic rings. The van der Waals surface area contributed by atoms with Gasteiger partial charge in [-0.25, -0.2) is 4.98 Å². The number of hydrogen-bond acceptors (Lipinski definition) is 6. The van der Waals surface area contributed by atoms with Crippen molar-refractivity contribution < 1.29 is 14.4 Å². The number of amides is 3. The number of hydrogen-bond donors (Lipinski definition) is 3. The van der Waals surface area contributed by atoms with Gasteiger partial charge in [-0.15, -0.1) is 0 Å². The first-order chi connectivity index (χ1) is 11.7. The largest absolute Gasteiger partial charge is 0.354 e. The Kier molecular flexibility index (Phi) is 4.99. The molecule has 1 aromatic heterocycles. The van der Waals surface area contributed by atoms with Crippen LogP contribution in [0.3, 0.4) is 0 Å². The second-order valence-electron chi connectivity index (χ2n) is 5.80. The van der Waals surface area contributed by atoms with E-state index in [1.54, 1.807) is 0 Å². The van der Waals surface area contributed by atoms with Gasteiger partial charge in [0.25, 0.3) is 5.91 Å². The highest BCUT2D eigenvalue weighted by Crippen LogP contribution is 2.10. The van der Waals surface area contributed by atoms with E-state index in [1.165, 1.54) is 23.5 Å². The highest BCUT2D eigenvalue weighted by molar-refractivity contribution is 5.97. The molecule has 2 saturated heterocycles. The van der Waals surface area contributed by atoms with Crippen molar-refractivity contribution in [2.75, 3.05) is 26.2 Å². The molecule has 0 spiro atoms. The van der Waals surface area contributed by atoms with Crippen LogP contribution in [0.15, 0.2) is 18.6 Å². The number of rotatable bonds is 3. The molecular formula is C15H20N6O3. The van der Waals surface area contributed by atoms with Gasteiger partial charge in [0.05, 0.1) is 6.20 Å². The summed E-state index contributed by atoms with van der Waals surface area (Å²) in [6, 6.07) is -1.22. The number of carbonyl (C=O) groups is 3. The molecular weight excluding hydrogens is 312 g/mol. The van der Waals surface area contributed by atoms with Crippen molar-refractivity contribution in [3.8, 4) is 0 Å². The molecule has 1 aromatic rings. The summed E-state index contributed by atoms with van der Waals surface area (Å²) in [5.41, 5.74) is 0.201.